The smallest absolute Gasteiger partial charge is 0.259 e. The van der Waals surface area contributed by atoms with E-state index in [2.05, 4.69) is 5.32 Å². The molecule has 0 spiro atoms. The van der Waals surface area contributed by atoms with Gasteiger partial charge < -0.3 is 15.0 Å². The summed E-state index contributed by atoms with van der Waals surface area (Å²) in [5, 5.41) is 4.57. The molecule has 0 unspecified atom stereocenters. The van der Waals surface area contributed by atoms with Gasteiger partial charge in [-0.3, -0.25) is 14.4 Å². The molecule has 2 amide bonds. The molecule has 0 radical (unpaired) electrons. The third kappa shape index (κ3) is 6.04. The summed E-state index contributed by atoms with van der Waals surface area (Å²) in [5.41, 5.74) is 0.611. The Hall–Kier alpha value is -2.67. The number of hydrogen-bond acceptors (Lipinski definition) is 5. The molecule has 0 bridgehead atoms. The molecule has 0 aliphatic heterocycles. The van der Waals surface area contributed by atoms with Gasteiger partial charge in [-0.2, -0.15) is 0 Å². The van der Waals surface area contributed by atoms with Gasteiger partial charge in [-0.05, 0) is 35.7 Å². The van der Waals surface area contributed by atoms with Gasteiger partial charge in [-0.15, -0.1) is 11.3 Å². The van der Waals surface area contributed by atoms with Crippen LogP contribution in [0.25, 0.3) is 0 Å². The average molecular weight is 360 g/mol. The number of hydrogen-bond donors (Lipinski definition) is 1. The highest BCUT2D eigenvalue weighted by Gasteiger charge is 2.10. The number of ether oxygens (including phenoxy) is 1. The fourth-order valence-corrected chi connectivity index (χ4v) is 2.61. The van der Waals surface area contributed by atoms with Gasteiger partial charge in [0.15, 0.2) is 12.4 Å². The second-order valence-electron chi connectivity index (χ2n) is 5.55. The molecule has 2 aromatic rings. The number of ketones is 1. The summed E-state index contributed by atoms with van der Waals surface area (Å²) >= 11 is 1.37. The minimum Gasteiger partial charge on any atom is -0.484 e. The van der Waals surface area contributed by atoms with Crippen LogP contribution in [-0.2, 0) is 9.59 Å². The van der Waals surface area contributed by atoms with E-state index in [-0.39, 0.29) is 37.0 Å². The third-order valence-electron chi connectivity index (χ3n) is 3.37. The van der Waals surface area contributed by atoms with Crippen LogP contribution < -0.4 is 10.1 Å². The molecule has 0 aliphatic rings. The van der Waals surface area contributed by atoms with Crippen LogP contribution in [0.5, 0.6) is 5.75 Å². The van der Waals surface area contributed by atoms with E-state index in [1.165, 1.54) is 16.2 Å². The van der Waals surface area contributed by atoms with Gasteiger partial charge in [0.05, 0.1) is 4.88 Å². The second-order valence-corrected chi connectivity index (χ2v) is 6.50. The number of amides is 2. The molecule has 2 rings (SSSR count). The molecule has 132 valence electrons. The normalized spacial score (nSPS) is 10.2. The van der Waals surface area contributed by atoms with Crippen molar-refractivity contribution in [2.24, 2.45) is 0 Å². The number of carbonyl (C=O) groups is 3. The molecule has 1 heterocycles. The molecule has 25 heavy (non-hydrogen) atoms. The summed E-state index contributed by atoms with van der Waals surface area (Å²) in [4.78, 5) is 37.4. The summed E-state index contributed by atoms with van der Waals surface area (Å²) < 4.78 is 5.36. The lowest BCUT2D eigenvalue weighted by Gasteiger charge is -2.11. The van der Waals surface area contributed by atoms with Crippen molar-refractivity contribution in [3.05, 3.63) is 46.7 Å². The summed E-state index contributed by atoms with van der Waals surface area (Å²) in [6.07, 6.45) is 0.312. The van der Waals surface area contributed by atoms with E-state index < -0.39 is 0 Å². The van der Waals surface area contributed by atoms with Crippen LogP contribution in [0.4, 0.5) is 5.69 Å². The fraction of sp³-hybridized carbons (Fsp3) is 0.278. The number of carbonyl (C=O) groups excluding carboxylic acids is 3. The van der Waals surface area contributed by atoms with Crippen LogP contribution in [0, 0.1) is 0 Å². The maximum atomic E-state index is 11.9. The predicted octanol–water partition coefficient (Wildman–Crippen LogP) is 2.82. The number of benzene rings is 1. The zero-order valence-corrected chi connectivity index (χ0v) is 15.0. The lowest BCUT2D eigenvalue weighted by molar-refractivity contribution is -0.130. The lowest BCUT2D eigenvalue weighted by Crippen LogP contribution is -2.27. The predicted molar refractivity (Wildman–Crippen MR) is 97.1 cm³/mol. The molecular formula is C18H20N2O4S. The standard InChI is InChI=1S/C18H20N2O4S/c1-20(2)18(23)12-24-14-7-5-13(6-8-14)19-17(22)10-9-15(21)16-4-3-11-25-16/h3-8,11H,9-10,12H2,1-2H3,(H,19,22). The van der Waals surface area contributed by atoms with E-state index >= 15 is 0 Å². The van der Waals surface area contributed by atoms with E-state index in [0.29, 0.717) is 16.3 Å². The molecule has 0 atom stereocenters. The number of anilines is 1. The number of likely N-dealkylation sites (N-methyl/N-ethyl adjacent to an activating group) is 1. The summed E-state index contributed by atoms with van der Waals surface area (Å²) in [7, 11) is 3.32. The lowest BCUT2D eigenvalue weighted by atomic mass is 10.2. The van der Waals surface area contributed by atoms with Crippen LogP contribution >= 0.6 is 11.3 Å². The minimum absolute atomic E-state index is 0.0283. The fourth-order valence-electron chi connectivity index (χ4n) is 1.92. The summed E-state index contributed by atoms with van der Waals surface area (Å²) in [6, 6.07) is 10.3. The maximum absolute atomic E-state index is 11.9. The van der Waals surface area contributed by atoms with Gasteiger partial charge in [0.1, 0.15) is 5.75 Å². The van der Waals surface area contributed by atoms with E-state index in [0.717, 1.165) is 0 Å². The van der Waals surface area contributed by atoms with Crippen molar-refractivity contribution in [2.75, 3.05) is 26.0 Å². The molecule has 1 aromatic heterocycles. The number of nitrogens with one attached hydrogen (secondary N) is 1. The van der Waals surface area contributed by atoms with Crippen molar-refractivity contribution >= 4 is 34.6 Å². The van der Waals surface area contributed by atoms with E-state index in [4.69, 9.17) is 4.74 Å². The van der Waals surface area contributed by atoms with Crippen LogP contribution in [0.1, 0.15) is 22.5 Å². The van der Waals surface area contributed by atoms with Gasteiger partial charge in [0, 0.05) is 32.6 Å². The minimum atomic E-state index is -0.221. The number of thiophene rings is 1. The molecule has 1 aromatic carbocycles. The Kier molecular flexibility index (Phi) is 6.71. The van der Waals surface area contributed by atoms with E-state index in [9.17, 15) is 14.4 Å². The SMILES string of the molecule is CN(C)C(=O)COc1ccc(NC(=O)CCC(=O)c2cccs2)cc1. The quantitative estimate of drug-likeness (QED) is 0.735. The van der Waals surface area contributed by atoms with Crippen LogP contribution in [0.3, 0.4) is 0 Å². The molecule has 7 heteroatoms. The first-order valence-electron chi connectivity index (χ1n) is 7.75. The van der Waals surface area contributed by atoms with Crippen molar-refractivity contribution in [1.29, 1.82) is 0 Å². The molecular weight excluding hydrogens is 340 g/mol. The topological polar surface area (TPSA) is 75.7 Å². The zero-order chi connectivity index (χ0) is 18.2. The monoisotopic (exact) mass is 360 g/mol. The molecule has 0 fully saturated rings. The summed E-state index contributed by atoms with van der Waals surface area (Å²) in [6.45, 7) is -0.0382. The Morgan fingerprint density at radius 3 is 2.40 bits per heavy atom. The maximum Gasteiger partial charge on any atom is 0.259 e. The first-order valence-corrected chi connectivity index (χ1v) is 8.63. The van der Waals surface area contributed by atoms with Gasteiger partial charge in [0.2, 0.25) is 5.91 Å². The molecule has 0 saturated carbocycles. The van der Waals surface area contributed by atoms with Crippen LogP contribution in [0.2, 0.25) is 0 Å². The third-order valence-corrected chi connectivity index (χ3v) is 4.29. The highest BCUT2D eigenvalue weighted by atomic mass is 32.1. The van der Waals surface area contributed by atoms with Crippen molar-refractivity contribution < 1.29 is 19.1 Å². The number of Topliss-reactive ketones (excluding diaryl/α,β-unsaturated/α-hetero) is 1. The molecule has 1 N–H and O–H groups in total. The highest BCUT2D eigenvalue weighted by Crippen LogP contribution is 2.17. The van der Waals surface area contributed by atoms with E-state index in [1.54, 1.807) is 44.4 Å². The Morgan fingerprint density at radius 1 is 1.08 bits per heavy atom. The number of nitrogens with zero attached hydrogens (tertiary/aromatic N) is 1. The first-order chi connectivity index (χ1) is 12.0. The van der Waals surface area contributed by atoms with Crippen molar-refractivity contribution in [3.63, 3.8) is 0 Å². The summed E-state index contributed by atoms with van der Waals surface area (Å²) in [5.74, 6) is 0.162. The van der Waals surface area contributed by atoms with Gasteiger partial charge in [0.25, 0.3) is 5.91 Å². The van der Waals surface area contributed by atoms with Crippen molar-refractivity contribution in [3.8, 4) is 5.75 Å². The van der Waals surface area contributed by atoms with Gasteiger partial charge >= 0.3 is 0 Å². The molecule has 0 aliphatic carbocycles. The van der Waals surface area contributed by atoms with Crippen molar-refractivity contribution in [2.45, 2.75) is 12.8 Å². The van der Waals surface area contributed by atoms with Gasteiger partial charge in [-0.1, -0.05) is 6.07 Å². The Morgan fingerprint density at radius 2 is 1.80 bits per heavy atom. The molecule has 6 nitrogen and oxygen atoms in total. The first kappa shape index (κ1) is 18.7. The van der Waals surface area contributed by atoms with Crippen LogP contribution in [-0.4, -0.2) is 43.2 Å². The van der Waals surface area contributed by atoms with Crippen molar-refractivity contribution in [1.82, 2.24) is 4.90 Å². The van der Waals surface area contributed by atoms with E-state index in [1.807, 2.05) is 11.4 Å². The zero-order valence-electron chi connectivity index (χ0n) is 14.2. The Labute approximate surface area is 150 Å². The Bertz CT molecular complexity index is 724. The highest BCUT2D eigenvalue weighted by molar-refractivity contribution is 7.12. The molecule has 0 saturated heterocycles. The Balaban J connectivity index is 1.77. The average Bonchev–Trinajstić information content (AvgIpc) is 3.13. The number of rotatable bonds is 8. The van der Waals surface area contributed by atoms with Gasteiger partial charge in [-0.25, -0.2) is 0 Å². The van der Waals surface area contributed by atoms with Crippen LogP contribution in [0.15, 0.2) is 41.8 Å². The second kappa shape index (κ2) is 8.98. The largest absolute Gasteiger partial charge is 0.484 e.